The number of nitrogens with zero attached hydrogens (tertiary/aromatic N) is 3. The summed E-state index contributed by atoms with van der Waals surface area (Å²) < 4.78 is 39.6. The zero-order valence-corrected chi connectivity index (χ0v) is 13.1. The Balaban J connectivity index is 1.66. The van der Waals surface area contributed by atoms with Crippen LogP contribution in [0, 0.1) is 12.8 Å². The number of aryl methyl sites for hydroxylation is 1. The summed E-state index contributed by atoms with van der Waals surface area (Å²) in [4.78, 5) is 28.1. The molecule has 2 N–H and O–H groups in total. The molecule has 10 heteroatoms. The highest BCUT2D eigenvalue weighted by Crippen LogP contribution is 2.30. The quantitative estimate of drug-likeness (QED) is 0.885. The molecule has 2 amide bonds. The summed E-state index contributed by atoms with van der Waals surface area (Å²) in [7, 11) is 0. The Morgan fingerprint density at radius 1 is 1.44 bits per heavy atom. The number of carbonyl (C=O) groups is 2. The van der Waals surface area contributed by atoms with Crippen molar-refractivity contribution < 1.29 is 22.8 Å². The lowest BCUT2D eigenvalue weighted by atomic mass is 10.0. The van der Waals surface area contributed by atoms with Gasteiger partial charge in [0, 0.05) is 12.1 Å². The molecule has 1 aliphatic rings. The highest BCUT2D eigenvalue weighted by Gasteiger charge is 2.32. The van der Waals surface area contributed by atoms with Gasteiger partial charge in [0.25, 0.3) is 0 Å². The average Bonchev–Trinajstić information content (AvgIpc) is 2.86. The van der Waals surface area contributed by atoms with Crippen LogP contribution in [0.3, 0.4) is 0 Å². The molecule has 1 aromatic heterocycles. The number of anilines is 2. The summed E-state index contributed by atoms with van der Waals surface area (Å²) in [5.41, 5.74) is -0.836. The van der Waals surface area contributed by atoms with Crippen LogP contribution in [-0.4, -0.2) is 26.6 Å². The first-order valence-corrected chi connectivity index (χ1v) is 7.42. The maximum atomic E-state index is 12.7. The molecule has 1 aliphatic heterocycles. The van der Waals surface area contributed by atoms with Crippen molar-refractivity contribution in [2.45, 2.75) is 26.1 Å². The predicted molar refractivity (Wildman–Crippen MR) is 81.6 cm³/mol. The van der Waals surface area contributed by atoms with Crippen molar-refractivity contribution >= 4 is 23.5 Å². The number of benzene rings is 1. The number of hydrogen-bond donors (Lipinski definition) is 2. The first-order valence-electron chi connectivity index (χ1n) is 7.42. The van der Waals surface area contributed by atoms with Crippen LogP contribution in [0.15, 0.2) is 24.3 Å². The number of aromatic nitrogens is 3. The van der Waals surface area contributed by atoms with Crippen LogP contribution in [0.1, 0.15) is 17.8 Å². The highest BCUT2D eigenvalue weighted by molar-refractivity contribution is 5.98. The molecule has 0 unspecified atom stereocenters. The van der Waals surface area contributed by atoms with Gasteiger partial charge in [-0.2, -0.15) is 23.3 Å². The molecule has 1 atom stereocenters. The molecule has 0 bridgehead atoms. The summed E-state index contributed by atoms with van der Waals surface area (Å²) in [6.45, 7) is 1.85. The number of fused-ring (bicyclic) bond motifs is 1. The summed E-state index contributed by atoms with van der Waals surface area (Å²) in [6.07, 6.45) is -4.67. The Bertz CT molecular complexity index is 831. The molecule has 0 aliphatic carbocycles. The van der Waals surface area contributed by atoms with E-state index in [9.17, 15) is 22.8 Å². The number of amides is 2. The first kappa shape index (κ1) is 16.9. The van der Waals surface area contributed by atoms with Gasteiger partial charge in [-0.15, -0.1) is 0 Å². The van der Waals surface area contributed by atoms with Crippen molar-refractivity contribution in [1.29, 1.82) is 0 Å². The van der Waals surface area contributed by atoms with Gasteiger partial charge in [-0.3, -0.25) is 14.9 Å². The Morgan fingerprint density at radius 2 is 2.20 bits per heavy atom. The molecule has 7 nitrogen and oxygen atoms in total. The Labute approximate surface area is 140 Å². The molecular formula is C15H14F3N5O2. The van der Waals surface area contributed by atoms with E-state index in [2.05, 4.69) is 20.7 Å². The molecule has 2 aromatic rings. The number of rotatable bonds is 3. The standard InChI is InChI=1S/C15H14F3N5O2/c1-8-19-14-21-13(25)9(7-23(14)22-8)5-12(24)20-11-4-2-3-10(6-11)15(16,17)18/h2-4,6,9H,5,7H2,1H3,(H,20,24)(H,19,21,22,25)/t9-/m1/s1. The lowest BCUT2D eigenvalue weighted by Crippen LogP contribution is -2.36. The van der Waals surface area contributed by atoms with Gasteiger partial charge in [-0.25, -0.2) is 4.68 Å². The van der Waals surface area contributed by atoms with Crippen LogP contribution < -0.4 is 10.6 Å². The Kier molecular flexibility index (Phi) is 4.19. The van der Waals surface area contributed by atoms with Crippen molar-refractivity contribution in [3.05, 3.63) is 35.7 Å². The van der Waals surface area contributed by atoms with Gasteiger partial charge < -0.3 is 5.32 Å². The number of carbonyl (C=O) groups excluding carboxylic acids is 2. The van der Waals surface area contributed by atoms with Crippen LogP contribution >= 0.6 is 0 Å². The lowest BCUT2D eigenvalue weighted by molar-refractivity contribution is -0.137. The summed E-state index contributed by atoms with van der Waals surface area (Å²) in [6, 6.07) is 4.32. The molecule has 3 rings (SSSR count). The topological polar surface area (TPSA) is 88.9 Å². The van der Waals surface area contributed by atoms with Crippen molar-refractivity contribution in [2.24, 2.45) is 5.92 Å². The highest BCUT2D eigenvalue weighted by atomic mass is 19.4. The third-order valence-corrected chi connectivity index (χ3v) is 3.68. The molecule has 2 heterocycles. The van der Waals surface area contributed by atoms with Gasteiger partial charge >= 0.3 is 6.18 Å². The van der Waals surface area contributed by atoms with Gasteiger partial charge in [0.2, 0.25) is 17.8 Å². The van der Waals surface area contributed by atoms with Gasteiger partial charge in [0.1, 0.15) is 5.82 Å². The van der Waals surface area contributed by atoms with Crippen LogP contribution in [0.25, 0.3) is 0 Å². The fraction of sp³-hybridized carbons (Fsp3) is 0.333. The van der Waals surface area contributed by atoms with Crippen molar-refractivity contribution in [3.63, 3.8) is 0 Å². The Hall–Kier alpha value is -2.91. The number of alkyl halides is 3. The van der Waals surface area contributed by atoms with Crippen molar-refractivity contribution in [2.75, 3.05) is 10.6 Å². The largest absolute Gasteiger partial charge is 0.416 e. The molecule has 132 valence electrons. The zero-order chi connectivity index (χ0) is 18.2. The second-order valence-corrected chi connectivity index (χ2v) is 5.68. The average molecular weight is 353 g/mol. The van der Waals surface area contributed by atoms with E-state index in [1.54, 1.807) is 6.92 Å². The SMILES string of the molecule is Cc1nc2n(n1)C[C@@H](CC(=O)Nc1cccc(C(F)(F)F)c1)C(=O)N2. The summed E-state index contributed by atoms with van der Waals surface area (Å²) in [5, 5.41) is 9.04. The van der Waals surface area contributed by atoms with Crippen LogP contribution in [-0.2, 0) is 22.3 Å². The molecule has 0 spiro atoms. The number of hydrogen-bond acceptors (Lipinski definition) is 4. The number of halogens is 3. The molecule has 25 heavy (non-hydrogen) atoms. The first-order chi connectivity index (χ1) is 11.7. The molecule has 0 saturated heterocycles. The van der Waals surface area contributed by atoms with E-state index in [4.69, 9.17) is 0 Å². The summed E-state index contributed by atoms with van der Waals surface area (Å²) in [5.74, 6) is -0.806. The maximum absolute atomic E-state index is 12.7. The monoisotopic (exact) mass is 353 g/mol. The third-order valence-electron chi connectivity index (χ3n) is 3.68. The van der Waals surface area contributed by atoms with E-state index in [1.165, 1.54) is 16.8 Å². The van der Waals surface area contributed by atoms with Crippen LogP contribution in [0.4, 0.5) is 24.8 Å². The van der Waals surface area contributed by atoms with E-state index in [0.717, 1.165) is 12.1 Å². The second kappa shape index (κ2) is 6.19. The molecular weight excluding hydrogens is 339 g/mol. The van der Waals surface area contributed by atoms with E-state index in [0.29, 0.717) is 11.8 Å². The van der Waals surface area contributed by atoms with E-state index >= 15 is 0 Å². The molecule has 0 fully saturated rings. The smallest absolute Gasteiger partial charge is 0.326 e. The Morgan fingerprint density at radius 3 is 2.92 bits per heavy atom. The van der Waals surface area contributed by atoms with Crippen LogP contribution in [0.5, 0.6) is 0 Å². The zero-order valence-electron chi connectivity index (χ0n) is 13.1. The van der Waals surface area contributed by atoms with E-state index < -0.39 is 23.6 Å². The minimum Gasteiger partial charge on any atom is -0.326 e. The molecule has 0 saturated carbocycles. The van der Waals surface area contributed by atoms with Crippen LogP contribution in [0.2, 0.25) is 0 Å². The van der Waals surface area contributed by atoms with Gasteiger partial charge in [0.05, 0.1) is 18.0 Å². The fourth-order valence-electron chi connectivity index (χ4n) is 2.55. The van der Waals surface area contributed by atoms with Gasteiger partial charge in [0.15, 0.2) is 0 Å². The maximum Gasteiger partial charge on any atom is 0.416 e. The number of nitrogens with one attached hydrogen (secondary N) is 2. The normalized spacial score (nSPS) is 17.0. The van der Waals surface area contributed by atoms with Crippen molar-refractivity contribution in [3.8, 4) is 0 Å². The van der Waals surface area contributed by atoms with E-state index in [1.807, 2.05) is 0 Å². The lowest BCUT2D eigenvalue weighted by Gasteiger charge is -2.21. The second-order valence-electron chi connectivity index (χ2n) is 5.68. The summed E-state index contributed by atoms with van der Waals surface area (Å²) >= 11 is 0. The molecule has 0 radical (unpaired) electrons. The predicted octanol–water partition coefficient (Wildman–Crippen LogP) is 2.20. The van der Waals surface area contributed by atoms with Gasteiger partial charge in [-0.1, -0.05) is 6.07 Å². The van der Waals surface area contributed by atoms with E-state index in [-0.39, 0.29) is 24.6 Å². The molecule has 1 aromatic carbocycles. The minimum absolute atomic E-state index is 0.0216. The van der Waals surface area contributed by atoms with Gasteiger partial charge in [-0.05, 0) is 25.1 Å². The third kappa shape index (κ3) is 3.78. The fourth-order valence-corrected chi connectivity index (χ4v) is 2.55. The van der Waals surface area contributed by atoms with Crippen molar-refractivity contribution in [1.82, 2.24) is 14.8 Å². The minimum atomic E-state index is -4.49.